The number of nitrogens with zero attached hydrogens (tertiary/aromatic N) is 1. The standard InChI is InChI=1S/C17H15FN2O3/c1-8(2)16-14(21)3-9(4-15(16)22)10-5-11-13(6-12(10)18)19-7-20-17(11)23/h3-8,21-22H,1-2H3,(H,19,20,23). The van der Waals surface area contributed by atoms with E-state index < -0.39 is 5.82 Å². The number of aromatic hydroxyl groups is 2. The number of nitrogens with one attached hydrogen (secondary N) is 1. The van der Waals surface area contributed by atoms with E-state index in [2.05, 4.69) is 9.97 Å². The van der Waals surface area contributed by atoms with Gasteiger partial charge in [-0.1, -0.05) is 13.8 Å². The number of hydrogen-bond acceptors (Lipinski definition) is 4. The van der Waals surface area contributed by atoms with Gasteiger partial charge >= 0.3 is 0 Å². The number of benzene rings is 2. The van der Waals surface area contributed by atoms with Crippen LogP contribution in [-0.4, -0.2) is 20.2 Å². The van der Waals surface area contributed by atoms with Crippen LogP contribution in [0.1, 0.15) is 25.3 Å². The monoisotopic (exact) mass is 314 g/mol. The maximum atomic E-state index is 14.3. The van der Waals surface area contributed by atoms with Crippen LogP contribution in [0.5, 0.6) is 11.5 Å². The largest absolute Gasteiger partial charge is 0.507 e. The van der Waals surface area contributed by atoms with Crippen molar-refractivity contribution in [1.29, 1.82) is 0 Å². The van der Waals surface area contributed by atoms with Gasteiger partial charge in [-0.2, -0.15) is 0 Å². The van der Waals surface area contributed by atoms with Crippen molar-refractivity contribution in [2.75, 3.05) is 0 Å². The molecular formula is C17H15FN2O3. The fraction of sp³-hybridized carbons (Fsp3) is 0.176. The van der Waals surface area contributed by atoms with E-state index in [0.717, 1.165) is 6.07 Å². The Balaban J connectivity index is 2.27. The SMILES string of the molecule is CC(C)c1c(O)cc(-c2cc3c(=O)[nH]cnc3cc2F)cc1O. The molecule has 0 unspecified atom stereocenters. The molecule has 0 atom stereocenters. The summed E-state index contributed by atoms with van der Waals surface area (Å²) in [6.07, 6.45) is 1.21. The van der Waals surface area contributed by atoms with Crippen molar-refractivity contribution in [3.63, 3.8) is 0 Å². The Hall–Kier alpha value is -2.89. The van der Waals surface area contributed by atoms with E-state index in [1.165, 1.54) is 24.5 Å². The lowest BCUT2D eigenvalue weighted by Crippen LogP contribution is -2.06. The van der Waals surface area contributed by atoms with Crippen molar-refractivity contribution in [3.8, 4) is 22.6 Å². The van der Waals surface area contributed by atoms with Crippen LogP contribution in [0.15, 0.2) is 35.4 Å². The normalized spacial score (nSPS) is 11.3. The van der Waals surface area contributed by atoms with E-state index in [-0.39, 0.29) is 45.0 Å². The first kappa shape index (κ1) is 15.0. The zero-order valence-electron chi connectivity index (χ0n) is 12.6. The molecule has 3 N–H and O–H groups in total. The zero-order chi connectivity index (χ0) is 16.7. The lowest BCUT2D eigenvalue weighted by molar-refractivity contribution is 0.434. The quantitative estimate of drug-likeness (QED) is 0.677. The highest BCUT2D eigenvalue weighted by atomic mass is 19.1. The van der Waals surface area contributed by atoms with Gasteiger partial charge in [0.05, 0.1) is 17.2 Å². The molecule has 6 heteroatoms. The number of fused-ring (bicyclic) bond motifs is 1. The van der Waals surface area contributed by atoms with Crippen LogP contribution in [0, 0.1) is 5.82 Å². The third-order valence-corrected chi connectivity index (χ3v) is 3.75. The van der Waals surface area contributed by atoms with Gasteiger partial charge in [0, 0.05) is 17.2 Å². The van der Waals surface area contributed by atoms with Crippen LogP contribution < -0.4 is 5.56 Å². The number of H-pyrrole nitrogens is 1. The van der Waals surface area contributed by atoms with Gasteiger partial charge in [0.1, 0.15) is 17.3 Å². The second kappa shape index (κ2) is 5.39. The summed E-state index contributed by atoms with van der Waals surface area (Å²) >= 11 is 0. The van der Waals surface area contributed by atoms with Crippen molar-refractivity contribution in [2.24, 2.45) is 0 Å². The topological polar surface area (TPSA) is 86.2 Å². The molecule has 1 heterocycles. The fourth-order valence-electron chi connectivity index (χ4n) is 2.68. The molecule has 3 rings (SSSR count). The average molecular weight is 314 g/mol. The lowest BCUT2D eigenvalue weighted by atomic mass is 9.95. The highest BCUT2D eigenvalue weighted by Crippen LogP contribution is 2.39. The molecule has 5 nitrogen and oxygen atoms in total. The smallest absolute Gasteiger partial charge is 0.258 e. The zero-order valence-corrected chi connectivity index (χ0v) is 12.6. The first-order valence-electron chi connectivity index (χ1n) is 7.11. The Morgan fingerprint density at radius 2 is 1.78 bits per heavy atom. The minimum Gasteiger partial charge on any atom is -0.507 e. The Kier molecular flexibility index (Phi) is 3.52. The Labute approximate surface area is 131 Å². The average Bonchev–Trinajstić information content (AvgIpc) is 2.45. The minimum atomic E-state index is -0.591. The van der Waals surface area contributed by atoms with Gasteiger partial charge in [-0.25, -0.2) is 9.37 Å². The molecule has 0 aliphatic carbocycles. The molecule has 2 aromatic carbocycles. The summed E-state index contributed by atoms with van der Waals surface area (Å²) in [7, 11) is 0. The van der Waals surface area contributed by atoms with Crippen molar-refractivity contribution < 1.29 is 14.6 Å². The first-order valence-corrected chi connectivity index (χ1v) is 7.11. The number of phenols is 2. The summed E-state index contributed by atoms with van der Waals surface area (Å²) in [5.74, 6) is -0.909. The maximum absolute atomic E-state index is 14.3. The van der Waals surface area contributed by atoms with Crippen molar-refractivity contribution >= 4 is 10.9 Å². The lowest BCUT2D eigenvalue weighted by Gasteiger charge is -2.13. The molecule has 0 bridgehead atoms. The number of hydrogen-bond donors (Lipinski definition) is 3. The van der Waals surface area contributed by atoms with Gasteiger partial charge < -0.3 is 15.2 Å². The van der Waals surface area contributed by atoms with Gasteiger partial charge in [-0.05, 0) is 29.7 Å². The molecular weight excluding hydrogens is 299 g/mol. The number of aromatic nitrogens is 2. The molecule has 0 spiro atoms. The van der Waals surface area contributed by atoms with Crippen molar-refractivity contribution in [3.05, 3.63) is 52.3 Å². The summed E-state index contributed by atoms with van der Waals surface area (Å²) in [6, 6.07) is 5.28. The molecule has 23 heavy (non-hydrogen) atoms. The van der Waals surface area contributed by atoms with Crippen molar-refractivity contribution in [1.82, 2.24) is 9.97 Å². The van der Waals surface area contributed by atoms with E-state index >= 15 is 0 Å². The molecule has 0 aliphatic heterocycles. The number of halogens is 1. The van der Waals surface area contributed by atoms with Gasteiger partial charge in [-0.15, -0.1) is 0 Å². The van der Waals surface area contributed by atoms with Crippen LogP contribution >= 0.6 is 0 Å². The molecule has 0 fully saturated rings. The van der Waals surface area contributed by atoms with Crippen LogP contribution in [0.3, 0.4) is 0 Å². The number of rotatable bonds is 2. The van der Waals surface area contributed by atoms with Crippen LogP contribution in [0.25, 0.3) is 22.0 Å². The van der Waals surface area contributed by atoms with Gasteiger partial charge in [-0.3, -0.25) is 4.79 Å². The highest BCUT2D eigenvalue weighted by molar-refractivity contribution is 5.84. The van der Waals surface area contributed by atoms with Crippen molar-refractivity contribution in [2.45, 2.75) is 19.8 Å². The second-order valence-electron chi connectivity index (χ2n) is 5.66. The predicted molar refractivity (Wildman–Crippen MR) is 85.2 cm³/mol. The fourth-order valence-corrected chi connectivity index (χ4v) is 2.68. The summed E-state index contributed by atoms with van der Waals surface area (Å²) in [5, 5.41) is 20.4. The minimum absolute atomic E-state index is 0.0856. The van der Waals surface area contributed by atoms with E-state index in [0.29, 0.717) is 5.56 Å². The summed E-state index contributed by atoms with van der Waals surface area (Å²) in [6.45, 7) is 3.66. The van der Waals surface area contributed by atoms with E-state index in [1.54, 1.807) is 0 Å². The van der Waals surface area contributed by atoms with E-state index in [4.69, 9.17) is 0 Å². The van der Waals surface area contributed by atoms with Crippen LogP contribution in [0.2, 0.25) is 0 Å². The molecule has 0 saturated carbocycles. The number of aromatic amines is 1. The highest BCUT2D eigenvalue weighted by Gasteiger charge is 2.16. The summed E-state index contributed by atoms with van der Waals surface area (Å²) in [4.78, 5) is 18.2. The second-order valence-corrected chi connectivity index (χ2v) is 5.66. The summed E-state index contributed by atoms with van der Waals surface area (Å²) in [5.41, 5.74) is 0.643. The Bertz CT molecular complexity index is 941. The van der Waals surface area contributed by atoms with Gasteiger partial charge in [0.15, 0.2) is 0 Å². The van der Waals surface area contributed by atoms with Gasteiger partial charge in [0.25, 0.3) is 5.56 Å². The molecule has 118 valence electrons. The third kappa shape index (κ3) is 2.52. The molecule has 1 aromatic heterocycles. The Morgan fingerprint density at radius 3 is 2.39 bits per heavy atom. The van der Waals surface area contributed by atoms with Crippen LogP contribution in [0.4, 0.5) is 4.39 Å². The number of phenolic OH excluding ortho intramolecular Hbond substituents is 2. The third-order valence-electron chi connectivity index (χ3n) is 3.75. The van der Waals surface area contributed by atoms with Crippen LogP contribution in [-0.2, 0) is 0 Å². The molecule has 3 aromatic rings. The van der Waals surface area contributed by atoms with Gasteiger partial charge in [0.2, 0.25) is 0 Å². The first-order chi connectivity index (χ1) is 10.9. The summed E-state index contributed by atoms with van der Waals surface area (Å²) < 4.78 is 14.3. The van der Waals surface area contributed by atoms with E-state index in [9.17, 15) is 19.4 Å². The van der Waals surface area contributed by atoms with E-state index in [1.807, 2.05) is 13.8 Å². The molecule has 0 saturated heterocycles. The Morgan fingerprint density at radius 1 is 1.13 bits per heavy atom. The molecule has 0 radical (unpaired) electrons. The molecule has 0 amide bonds. The predicted octanol–water partition coefficient (Wildman–Crippen LogP) is 3.26. The molecule has 0 aliphatic rings. The maximum Gasteiger partial charge on any atom is 0.258 e.